The minimum absolute atomic E-state index is 0.910. The first-order valence-electron chi connectivity index (χ1n) is 9.98. The van der Waals surface area contributed by atoms with E-state index in [1.54, 1.807) is 7.05 Å². The van der Waals surface area contributed by atoms with Crippen LogP contribution >= 0.6 is 34.0 Å². The number of rotatable bonds is 9. The minimum Gasteiger partial charge on any atom is -0.307 e. The maximum atomic E-state index is 3.85. The molecule has 152 valence electrons. The summed E-state index contributed by atoms with van der Waals surface area (Å²) >= 11 is 5.70. The van der Waals surface area contributed by atoms with E-state index in [0.29, 0.717) is 0 Å². The summed E-state index contributed by atoms with van der Waals surface area (Å²) in [5, 5.41) is 0. The van der Waals surface area contributed by atoms with Crippen molar-refractivity contribution in [3.63, 3.8) is 0 Å². The van der Waals surface area contributed by atoms with E-state index in [1.807, 2.05) is 34.0 Å². The van der Waals surface area contributed by atoms with Crippen LogP contribution in [0.25, 0.3) is 19.5 Å². The molecule has 0 N–H and O–H groups in total. The summed E-state index contributed by atoms with van der Waals surface area (Å²) in [4.78, 5) is 14.5. The van der Waals surface area contributed by atoms with E-state index in [0.717, 1.165) is 18.5 Å². The van der Waals surface area contributed by atoms with Crippen molar-refractivity contribution in [1.82, 2.24) is 4.90 Å². The molecule has 5 heteroatoms. The fourth-order valence-electron chi connectivity index (χ4n) is 2.99. The molecule has 0 fully saturated rings. The van der Waals surface area contributed by atoms with Gasteiger partial charge in [0.2, 0.25) is 0 Å². The quantitative estimate of drug-likeness (QED) is 0.257. The third kappa shape index (κ3) is 6.38. The predicted octanol–water partition coefficient (Wildman–Crippen LogP) is 7.03. The average Bonchev–Trinajstić information content (AvgIpc) is 3.46. The Kier molecular flexibility index (Phi) is 8.26. The zero-order valence-electron chi connectivity index (χ0n) is 17.6. The fourth-order valence-corrected chi connectivity index (χ4v) is 6.32. The van der Waals surface area contributed by atoms with Crippen molar-refractivity contribution in [3.05, 3.63) is 57.5 Å². The topological polar surface area (TPSA) is 15.6 Å². The zero-order valence-corrected chi connectivity index (χ0v) is 20.1. The molecule has 0 bridgehead atoms. The van der Waals surface area contributed by atoms with Crippen LogP contribution in [-0.2, 0) is 12.8 Å². The highest BCUT2D eigenvalue weighted by Crippen LogP contribution is 2.40. The minimum atomic E-state index is 0.910. The van der Waals surface area contributed by atoms with Gasteiger partial charge in [0, 0.05) is 48.6 Å². The molecule has 0 spiro atoms. The van der Waals surface area contributed by atoms with Gasteiger partial charge in [-0.15, -0.1) is 34.0 Å². The third-order valence-electron chi connectivity index (χ3n) is 4.74. The maximum Gasteiger partial charge on any atom is 0.0449 e. The smallest absolute Gasteiger partial charge is 0.0449 e. The van der Waals surface area contributed by atoms with Crippen LogP contribution in [0.4, 0.5) is 0 Å². The Morgan fingerprint density at radius 2 is 1.52 bits per heavy atom. The number of thiophene rings is 3. The molecule has 0 aliphatic carbocycles. The summed E-state index contributed by atoms with van der Waals surface area (Å²) in [5.74, 6) is 2.79. The van der Waals surface area contributed by atoms with Crippen molar-refractivity contribution in [3.8, 4) is 19.5 Å². The lowest BCUT2D eigenvalue weighted by Crippen LogP contribution is -2.18. The molecule has 0 aliphatic heterocycles. The fraction of sp³-hybridized carbons (Fsp3) is 0.375. The SMILES string of the molecule is CCN(C)CCCc1ccc(-c2ccc(-c3ccc(CC(C)=C=C=NC)s3)s2)s1. The number of aryl methyl sites for hydroxylation is 1. The number of aliphatic imine (C=N–C) groups is 1. The lowest BCUT2D eigenvalue weighted by molar-refractivity contribution is 0.348. The van der Waals surface area contributed by atoms with Crippen molar-refractivity contribution in [2.45, 2.75) is 33.1 Å². The molecule has 0 atom stereocenters. The molecule has 0 amide bonds. The molecule has 0 saturated heterocycles. The molecular weight excluding hydrogens is 412 g/mol. The van der Waals surface area contributed by atoms with Crippen molar-refractivity contribution in [2.24, 2.45) is 4.99 Å². The van der Waals surface area contributed by atoms with Crippen LogP contribution in [0, 0.1) is 0 Å². The van der Waals surface area contributed by atoms with Gasteiger partial charge in [-0.25, -0.2) is 4.99 Å². The summed E-state index contributed by atoms with van der Waals surface area (Å²) in [6, 6.07) is 13.6. The number of allylic oxidation sites excluding steroid dienone is 1. The summed E-state index contributed by atoms with van der Waals surface area (Å²) in [6.45, 7) is 6.58. The molecule has 3 aromatic rings. The molecule has 3 rings (SSSR count). The molecule has 0 radical (unpaired) electrons. The van der Waals surface area contributed by atoms with Gasteiger partial charge < -0.3 is 4.90 Å². The molecule has 3 aromatic heterocycles. The first kappa shape index (κ1) is 22.0. The zero-order chi connectivity index (χ0) is 20.6. The average molecular weight is 441 g/mol. The van der Waals surface area contributed by atoms with Crippen LogP contribution in [0.1, 0.15) is 30.0 Å². The molecule has 0 aliphatic rings. The Hall–Kier alpha value is -1.71. The predicted molar refractivity (Wildman–Crippen MR) is 132 cm³/mol. The normalized spacial score (nSPS) is 10.8. The van der Waals surface area contributed by atoms with Gasteiger partial charge in [0.25, 0.3) is 0 Å². The van der Waals surface area contributed by atoms with Gasteiger partial charge in [0.05, 0.1) is 0 Å². The van der Waals surface area contributed by atoms with E-state index >= 15 is 0 Å². The summed E-state index contributed by atoms with van der Waals surface area (Å²) in [5.41, 5.74) is 4.25. The van der Waals surface area contributed by atoms with Gasteiger partial charge in [-0.05, 0) is 81.9 Å². The van der Waals surface area contributed by atoms with Crippen molar-refractivity contribution in [2.75, 3.05) is 27.2 Å². The monoisotopic (exact) mass is 440 g/mol. The third-order valence-corrected chi connectivity index (χ3v) is 8.45. The van der Waals surface area contributed by atoms with Crippen LogP contribution in [-0.4, -0.2) is 38.0 Å². The Labute approximate surface area is 186 Å². The van der Waals surface area contributed by atoms with Crippen LogP contribution in [0.2, 0.25) is 0 Å². The van der Waals surface area contributed by atoms with Crippen molar-refractivity contribution >= 4 is 39.9 Å². The van der Waals surface area contributed by atoms with E-state index in [2.05, 4.69) is 78.8 Å². The number of hydrogen-bond donors (Lipinski definition) is 0. The van der Waals surface area contributed by atoms with E-state index in [1.165, 1.54) is 48.6 Å². The van der Waals surface area contributed by atoms with Crippen LogP contribution in [0.3, 0.4) is 0 Å². The lowest BCUT2D eigenvalue weighted by atomic mass is 10.2. The first-order chi connectivity index (χ1) is 14.1. The molecule has 0 unspecified atom stereocenters. The van der Waals surface area contributed by atoms with Gasteiger partial charge in [-0.3, -0.25) is 0 Å². The van der Waals surface area contributed by atoms with Gasteiger partial charge in [-0.1, -0.05) is 12.7 Å². The Balaban J connectivity index is 1.65. The number of hydrogen-bond acceptors (Lipinski definition) is 5. The Bertz CT molecular complexity index is 1020. The highest BCUT2D eigenvalue weighted by molar-refractivity contribution is 7.26. The second-order valence-electron chi connectivity index (χ2n) is 7.11. The highest BCUT2D eigenvalue weighted by Gasteiger charge is 2.10. The Morgan fingerprint density at radius 1 is 0.931 bits per heavy atom. The van der Waals surface area contributed by atoms with Gasteiger partial charge in [0.15, 0.2) is 0 Å². The van der Waals surface area contributed by atoms with E-state index in [-0.39, 0.29) is 0 Å². The van der Waals surface area contributed by atoms with Gasteiger partial charge in [-0.2, -0.15) is 0 Å². The molecule has 29 heavy (non-hydrogen) atoms. The lowest BCUT2D eigenvalue weighted by Gasteiger charge is -2.12. The molecule has 3 heterocycles. The largest absolute Gasteiger partial charge is 0.307 e. The summed E-state index contributed by atoms with van der Waals surface area (Å²) < 4.78 is 0. The molecule has 0 saturated carbocycles. The molecule has 0 aromatic carbocycles. The number of nitrogens with zero attached hydrogens (tertiary/aromatic N) is 2. The van der Waals surface area contributed by atoms with Crippen LogP contribution in [0.15, 0.2) is 52.7 Å². The second kappa shape index (κ2) is 10.9. The van der Waals surface area contributed by atoms with Crippen molar-refractivity contribution < 1.29 is 0 Å². The highest BCUT2D eigenvalue weighted by atomic mass is 32.1. The summed E-state index contributed by atoms with van der Waals surface area (Å²) in [6.07, 6.45) is 3.31. The molecular formula is C24H28N2S3. The Morgan fingerprint density at radius 3 is 2.17 bits per heavy atom. The molecule has 2 nitrogen and oxygen atoms in total. The van der Waals surface area contributed by atoms with E-state index < -0.39 is 0 Å². The standard InChI is InChI=1S/C24H28N2S3/c1-5-26(4)16-6-7-19-8-10-21(27-19)23-12-13-24(29-23)22-11-9-20(28-22)17-18(2)14-15-25-3/h8-13H,5-7,16-17H2,1-4H3. The van der Waals surface area contributed by atoms with Crippen LogP contribution in [0.5, 0.6) is 0 Å². The summed E-state index contributed by atoms with van der Waals surface area (Å²) in [7, 11) is 3.91. The van der Waals surface area contributed by atoms with Crippen molar-refractivity contribution in [1.29, 1.82) is 0 Å². The van der Waals surface area contributed by atoms with E-state index in [4.69, 9.17) is 0 Å². The van der Waals surface area contributed by atoms with Gasteiger partial charge >= 0.3 is 0 Å². The first-order valence-corrected chi connectivity index (χ1v) is 12.4. The maximum absolute atomic E-state index is 3.85. The van der Waals surface area contributed by atoms with E-state index in [9.17, 15) is 0 Å². The van der Waals surface area contributed by atoms with Gasteiger partial charge in [0.1, 0.15) is 0 Å². The second-order valence-corrected chi connectivity index (χ2v) is 10.5. The van der Waals surface area contributed by atoms with Crippen LogP contribution < -0.4 is 0 Å².